The molecule has 3 aromatic heterocycles. The Morgan fingerprint density at radius 3 is 3.00 bits per heavy atom. The fourth-order valence-electron chi connectivity index (χ4n) is 3.57. The van der Waals surface area contributed by atoms with Gasteiger partial charge in [0.05, 0.1) is 18.8 Å². The molecule has 8 heteroatoms. The molecule has 0 radical (unpaired) electrons. The maximum atomic E-state index is 13.0. The maximum absolute atomic E-state index is 13.0. The lowest BCUT2D eigenvalue weighted by Crippen LogP contribution is -2.41. The Hall–Kier alpha value is -3.00. The third-order valence-electron chi connectivity index (χ3n) is 4.96. The average Bonchev–Trinajstić information content (AvgIpc) is 3.17. The Kier molecular flexibility index (Phi) is 4.72. The molecule has 8 nitrogen and oxygen atoms in total. The zero-order valence-corrected chi connectivity index (χ0v) is 14.9. The number of likely N-dealkylation sites (tertiary alicyclic amines) is 1. The van der Waals surface area contributed by atoms with Gasteiger partial charge >= 0.3 is 0 Å². The molecular weight excluding hydrogens is 346 g/mol. The van der Waals surface area contributed by atoms with Gasteiger partial charge in [-0.05, 0) is 31.0 Å². The summed E-state index contributed by atoms with van der Waals surface area (Å²) >= 11 is 0. The minimum Gasteiger partial charge on any atom is -0.394 e. The van der Waals surface area contributed by atoms with E-state index in [1.54, 1.807) is 34.0 Å². The third-order valence-corrected chi connectivity index (χ3v) is 4.96. The quantitative estimate of drug-likeness (QED) is 0.740. The molecule has 27 heavy (non-hydrogen) atoms. The van der Waals surface area contributed by atoms with Crippen molar-refractivity contribution in [2.24, 2.45) is 0 Å². The molecule has 1 atom stereocenters. The summed E-state index contributed by atoms with van der Waals surface area (Å²) in [7, 11) is 0. The van der Waals surface area contributed by atoms with Crippen LogP contribution >= 0.6 is 0 Å². The fraction of sp³-hybridized carbons (Fsp3) is 0.368. The number of carbonyl (C=O) groups excluding carboxylic acids is 1. The molecular formula is C19H21N5O3. The van der Waals surface area contributed by atoms with Crippen molar-refractivity contribution in [2.75, 3.05) is 19.7 Å². The molecule has 1 aliphatic rings. The van der Waals surface area contributed by atoms with Crippen molar-refractivity contribution in [1.29, 1.82) is 0 Å². The van der Waals surface area contributed by atoms with E-state index < -0.39 is 0 Å². The molecule has 0 spiro atoms. The minimum atomic E-state index is -0.347. The molecule has 0 aromatic carbocycles. The van der Waals surface area contributed by atoms with Crippen molar-refractivity contribution in [2.45, 2.75) is 25.3 Å². The zero-order chi connectivity index (χ0) is 18.8. The highest BCUT2D eigenvalue weighted by Gasteiger charge is 2.28. The van der Waals surface area contributed by atoms with Gasteiger partial charge in [0.2, 0.25) is 0 Å². The van der Waals surface area contributed by atoms with Crippen LogP contribution in [0.2, 0.25) is 0 Å². The molecule has 1 saturated heterocycles. The first-order chi connectivity index (χ1) is 13.2. The summed E-state index contributed by atoms with van der Waals surface area (Å²) in [5, 5.41) is 13.5. The van der Waals surface area contributed by atoms with E-state index in [-0.39, 0.29) is 29.6 Å². The molecule has 1 N–H and O–H groups in total. The number of piperidine rings is 1. The summed E-state index contributed by atoms with van der Waals surface area (Å²) in [4.78, 5) is 31.6. The molecule has 1 amide bonds. The van der Waals surface area contributed by atoms with E-state index in [1.807, 2.05) is 12.3 Å². The lowest BCUT2D eigenvalue weighted by Gasteiger charge is -2.31. The van der Waals surface area contributed by atoms with Crippen LogP contribution < -0.4 is 5.56 Å². The first-order valence-corrected chi connectivity index (χ1v) is 9.07. The van der Waals surface area contributed by atoms with Gasteiger partial charge in [-0.2, -0.15) is 5.10 Å². The van der Waals surface area contributed by atoms with Crippen molar-refractivity contribution in [3.05, 3.63) is 64.5 Å². The fourth-order valence-corrected chi connectivity index (χ4v) is 3.57. The highest BCUT2D eigenvalue weighted by atomic mass is 16.3. The van der Waals surface area contributed by atoms with Crippen LogP contribution in [-0.4, -0.2) is 54.8 Å². The van der Waals surface area contributed by atoms with Crippen LogP contribution in [0.4, 0.5) is 0 Å². The predicted molar refractivity (Wildman–Crippen MR) is 98.7 cm³/mol. The Labute approximate surface area is 155 Å². The first-order valence-electron chi connectivity index (χ1n) is 9.07. The molecule has 0 bridgehead atoms. The minimum absolute atomic E-state index is 0.0370. The van der Waals surface area contributed by atoms with Gasteiger partial charge in [-0.1, -0.05) is 6.07 Å². The third kappa shape index (κ3) is 3.35. The van der Waals surface area contributed by atoms with Crippen molar-refractivity contribution in [1.82, 2.24) is 24.1 Å². The van der Waals surface area contributed by atoms with Crippen LogP contribution in [-0.2, 0) is 6.54 Å². The number of rotatable bonds is 4. The summed E-state index contributed by atoms with van der Waals surface area (Å²) in [6.45, 7) is 1.62. The predicted octanol–water partition coefficient (Wildman–Crippen LogP) is 0.903. The van der Waals surface area contributed by atoms with E-state index in [4.69, 9.17) is 5.11 Å². The van der Waals surface area contributed by atoms with Gasteiger partial charge in [-0.25, -0.2) is 4.98 Å². The number of aromatic nitrogens is 4. The van der Waals surface area contributed by atoms with Gasteiger partial charge in [0.1, 0.15) is 11.2 Å². The topological polar surface area (TPSA) is 92.7 Å². The lowest BCUT2D eigenvalue weighted by molar-refractivity contribution is 0.0703. The second-order valence-corrected chi connectivity index (χ2v) is 6.72. The van der Waals surface area contributed by atoms with Crippen LogP contribution in [0.5, 0.6) is 0 Å². The van der Waals surface area contributed by atoms with Gasteiger partial charge in [0.25, 0.3) is 11.5 Å². The van der Waals surface area contributed by atoms with E-state index in [1.165, 1.54) is 10.6 Å². The van der Waals surface area contributed by atoms with E-state index in [0.29, 0.717) is 25.3 Å². The number of fused-ring (bicyclic) bond motifs is 1. The van der Waals surface area contributed by atoms with Crippen LogP contribution in [0.3, 0.4) is 0 Å². The van der Waals surface area contributed by atoms with Gasteiger partial charge in [-0.15, -0.1) is 0 Å². The standard InChI is InChI=1S/C19H21N5O3/c25-11-10-23-9-6-16(21-23)14-4-3-7-22(13-14)18(26)15-12-20-17-5-1-2-8-24(17)19(15)27/h1-2,5-6,8-9,12,14,25H,3-4,7,10-11,13H2/t14-/m1/s1. The van der Waals surface area contributed by atoms with Gasteiger partial charge in [0.15, 0.2) is 0 Å². The summed E-state index contributed by atoms with van der Waals surface area (Å²) < 4.78 is 3.10. The summed E-state index contributed by atoms with van der Waals surface area (Å²) in [6, 6.07) is 7.20. The van der Waals surface area contributed by atoms with E-state index >= 15 is 0 Å². The second kappa shape index (κ2) is 7.32. The van der Waals surface area contributed by atoms with Crippen molar-refractivity contribution >= 4 is 11.6 Å². The Morgan fingerprint density at radius 1 is 1.26 bits per heavy atom. The number of hydrogen-bond donors (Lipinski definition) is 1. The number of pyridine rings is 1. The number of nitrogens with zero attached hydrogens (tertiary/aromatic N) is 5. The van der Waals surface area contributed by atoms with Crippen LogP contribution in [0.25, 0.3) is 5.65 Å². The summed E-state index contributed by atoms with van der Waals surface area (Å²) in [5.41, 5.74) is 1.17. The van der Waals surface area contributed by atoms with Gasteiger partial charge in [-0.3, -0.25) is 18.7 Å². The van der Waals surface area contributed by atoms with Gasteiger partial charge < -0.3 is 10.0 Å². The Balaban J connectivity index is 1.56. The van der Waals surface area contributed by atoms with Crippen molar-refractivity contribution < 1.29 is 9.90 Å². The molecule has 4 heterocycles. The summed E-state index contributed by atoms with van der Waals surface area (Å²) in [6.07, 6.45) is 6.63. The first kappa shape index (κ1) is 17.4. The van der Waals surface area contributed by atoms with Crippen LogP contribution in [0.15, 0.2) is 47.7 Å². The number of hydrogen-bond acceptors (Lipinski definition) is 5. The molecule has 1 fully saturated rings. The highest BCUT2D eigenvalue weighted by Crippen LogP contribution is 2.26. The number of aliphatic hydroxyl groups excluding tert-OH is 1. The maximum Gasteiger partial charge on any atom is 0.270 e. The average molecular weight is 367 g/mol. The molecule has 0 aliphatic carbocycles. The number of aliphatic hydroxyl groups is 1. The molecule has 0 unspecified atom stereocenters. The molecule has 3 aromatic rings. The monoisotopic (exact) mass is 367 g/mol. The van der Waals surface area contributed by atoms with Gasteiger partial charge in [0, 0.05) is 37.6 Å². The lowest BCUT2D eigenvalue weighted by atomic mass is 9.94. The Bertz CT molecular complexity index is 1030. The van der Waals surface area contributed by atoms with Crippen LogP contribution in [0, 0.1) is 0 Å². The highest BCUT2D eigenvalue weighted by molar-refractivity contribution is 5.93. The number of amides is 1. The van der Waals surface area contributed by atoms with E-state index in [9.17, 15) is 9.59 Å². The largest absolute Gasteiger partial charge is 0.394 e. The zero-order valence-electron chi connectivity index (χ0n) is 14.9. The normalized spacial score (nSPS) is 17.4. The smallest absolute Gasteiger partial charge is 0.270 e. The van der Waals surface area contributed by atoms with Crippen LogP contribution in [0.1, 0.15) is 34.8 Å². The summed E-state index contributed by atoms with van der Waals surface area (Å²) in [5.74, 6) is -0.163. The Morgan fingerprint density at radius 2 is 2.15 bits per heavy atom. The molecule has 0 saturated carbocycles. The van der Waals surface area contributed by atoms with E-state index in [0.717, 1.165) is 18.5 Å². The molecule has 1 aliphatic heterocycles. The number of carbonyl (C=O) groups is 1. The van der Waals surface area contributed by atoms with Crippen molar-refractivity contribution in [3.63, 3.8) is 0 Å². The molecule has 4 rings (SSSR count). The molecule has 140 valence electrons. The second-order valence-electron chi connectivity index (χ2n) is 6.72. The SMILES string of the molecule is O=C(c1cnc2ccccn2c1=O)N1CCC[C@@H](c2ccn(CCO)n2)C1. The van der Waals surface area contributed by atoms with E-state index in [2.05, 4.69) is 10.1 Å². The van der Waals surface area contributed by atoms with Crippen molar-refractivity contribution in [3.8, 4) is 0 Å².